The van der Waals surface area contributed by atoms with Gasteiger partial charge in [-0.1, -0.05) is 18.2 Å². The summed E-state index contributed by atoms with van der Waals surface area (Å²) in [6.07, 6.45) is -0.472. The number of benzene rings is 1. The van der Waals surface area contributed by atoms with Crippen molar-refractivity contribution in [2.45, 2.75) is 71.8 Å². The molecule has 0 atom stereocenters. The van der Waals surface area contributed by atoms with Crippen LogP contribution in [0.4, 0.5) is 4.79 Å². The molecule has 7 heteroatoms. The van der Waals surface area contributed by atoms with Crippen molar-refractivity contribution in [2.24, 2.45) is 0 Å². The van der Waals surface area contributed by atoms with Crippen molar-refractivity contribution in [3.05, 3.63) is 23.8 Å². The van der Waals surface area contributed by atoms with Crippen LogP contribution in [0.25, 0.3) is 0 Å². The Kier molecular flexibility index (Phi) is 5.64. The fourth-order valence-corrected chi connectivity index (χ4v) is 2.63. The SMILES string of the molecule is COc1c(CNC(=O)OC(C)(C)C)cccc1B1OC(C)(C)C(C)(C)O1. The van der Waals surface area contributed by atoms with Crippen molar-refractivity contribution in [1.82, 2.24) is 5.32 Å². The van der Waals surface area contributed by atoms with Gasteiger partial charge in [-0.3, -0.25) is 0 Å². The number of alkyl carbamates (subject to hydrolysis) is 1. The summed E-state index contributed by atoms with van der Waals surface area (Å²) in [6, 6.07) is 5.71. The van der Waals surface area contributed by atoms with Gasteiger partial charge in [-0.2, -0.15) is 0 Å². The zero-order valence-corrected chi connectivity index (χ0v) is 17.1. The highest BCUT2D eigenvalue weighted by Crippen LogP contribution is 2.37. The summed E-state index contributed by atoms with van der Waals surface area (Å²) in [5.41, 5.74) is 0.208. The van der Waals surface area contributed by atoms with Gasteiger partial charge in [-0.25, -0.2) is 4.79 Å². The Morgan fingerprint density at radius 3 is 2.23 bits per heavy atom. The van der Waals surface area contributed by atoms with Gasteiger partial charge in [-0.15, -0.1) is 0 Å². The van der Waals surface area contributed by atoms with E-state index in [9.17, 15) is 4.79 Å². The minimum atomic E-state index is -0.543. The summed E-state index contributed by atoms with van der Waals surface area (Å²) >= 11 is 0. The number of methoxy groups -OCH3 is 1. The normalized spacial score (nSPS) is 18.5. The molecule has 1 saturated heterocycles. The summed E-state index contributed by atoms with van der Waals surface area (Å²) < 4.78 is 23.1. The average molecular weight is 363 g/mol. The number of ether oxygens (including phenoxy) is 2. The van der Waals surface area contributed by atoms with Gasteiger partial charge in [0.05, 0.1) is 18.3 Å². The summed E-state index contributed by atoms with van der Waals surface area (Å²) in [7, 11) is 1.07. The molecule has 0 radical (unpaired) electrons. The van der Waals surface area contributed by atoms with Crippen LogP contribution in [0.1, 0.15) is 54.0 Å². The molecule has 0 spiro atoms. The van der Waals surface area contributed by atoms with Crippen LogP contribution < -0.4 is 15.5 Å². The molecule has 144 valence electrons. The lowest BCUT2D eigenvalue weighted by Crippen LogP contribution is -2.41. The standard InChI is InChI=1S/C19H30BNO5/c1-17(2,3)24-16(22)21-12-13-10-9-11-14(15(13)23-8)20-25-18(4,5)19(6,7)26-20/h9-11H,12H2,1-8H3,(H,21,22). The number of rotatable bonds is 4. The first kappa shape index (κ1) is 20.6. The van der Waals surface area contributed by atoms with Gasteiger partial charge in [0.15, 0.2) is 0 Å². The molecule has 0 aliphatic carbocycles. The first-order valence-corrected chi connectivity index (χ1v) is 8.84. The van der Waals surface area contributed by atoms with E-state index in [0.717, 1.165) is 11.0 Å². The maximum Gasteiger partial charge on any atom is 0.498 e. The third-order valence-electron chi connectivity index (χ3n) is 4.66. The van der Waals surface area contributed by atoms with E-state index in [-0.39, 0.29) is 6.54 Å². The molecule has 1 N–H and O–H groups in total. The molecule has 1 aliphatic heterocycles. The Morgan fingerprint density at radius 1 is 1.15 bits per heavy atom. The number of amides is 1. The predicted octanol–water partition coefficient (Wildman–Crippen LogP) is 3.02. The molecule has 6 nitrogen and oxygen atoms in total. The summed E-state index contributed by atoms with van der Waals surface area (Å²) in [5, 5.41) is 2.76. The molecule has 1 aliphatic rings. The Morgan fingerprint density at radius 2 is 1.73 bits per heavy atom. The van der Waals surface area contributed by atoms with Gasteiger partial charge in [0, 0.05) is 17.6 Å². The van der Waals surface area contributed by atoms with Crippen LogP contribution in [-0.2, 0) is 20.6 Å². The predicted molar refractivity (Wildman–Crippen MR) is 102 cm³/mol. The molecule has 0 saturated carbocycles. The Bertz CT molecular complexity index is 650. The van der Waals surface area contributed by atoms with Crippen LogP contribution in [0, 0.1) is 0 Å². The van der Waals surface area contributed by atoms with Crippen LogP contribution in [0.3, 0.4) is 0 Å². The maximum atomic E-state index is 11.9. The smallest absolute Gasteiger partial charge is 0.497 e. The highest BCUT2D eigenvalue weighted by molar-refractivity contribution is 6.63. The van der Waals surface area contributed by atoms with Gasteiger partial charge in [0.2, 0.25) is 0 Å². The van der Waals surface area contributed by atoms with Crippen LogP contribution in [0.15, 0.2) is 18.2 Å². The van der Waals surface area contributed by atoms with E-state index in [4.69, 9.17) is 18.8 Å². The van der Waals surface area contributed by atoms with Crippen molar-refractivity contribution in [1.29, 1.82) is 0 Å². The fraction of sp³-hybridized carbons (Fsp3) is 0.632. The molecule has 1 aromatic rings. The second-order valence-corrected chi connectivity index (χ2v) is 8.48. The number of para-hydroxylation sites is 1. The lowest BCUT2D eigenvalue weighted by atomic mass is 9.77. The molecule has 26 heavy (non-hydrogen) atoms. The van der Waals surface area contributed by atoms with Gasteiger partial charge in [0.1, 0.15) is 11.4 Å². The number of hydrogen-bond donors (Lipinski definition) is 1. The van der Waals surface area contributed by atoms with Crippen LogP contribution in [0.2, 0.25) is 0 Å². The Labute approximate surface area is 156 Å². The number of carbonyl (C=O) groups excluding carboxylic acids is 1. The van der Waals surface area contributed by atoms with E-state index in [1.165, 1.54) is 0 Å². The van der Waals surface area contributed by atoms with Gasteiger partial charge < -0.3 is 24.1 Å². The highest BCUT2D eigenvalue weighted by Gasteiger charge is 2.52. The lowest BCUT2D eigenvalue weighted by molar-refractivity contribution is 0.00578. The zero-order chi connectivity index (χ0) is 19.8. The molecule has 1 fully saturated rings. The third kappa shape index (κ3) is 4.51. The first-order chi connectivity index (χ1) is 11.9. The number of carbonyl (C=O) groups is 1. The minimum Gasteiger partial charge on any atom is -0.497 e. The van der Waals surface area contributed by atoms with Gasteiger partial charge in [0.25, 0.3) is 0 Å². The maximum absolute atomic E-state index is 11.9. The van der Waals surface area contributed by atoms with E-state index in [2.05, 4.69) is 5.32 Å². The second kappa shape index (κ2) is 7.12. The van der Waals surface area contributed by atoms with Crippen molar-refractivity contribution in [3.63, 3.8) is 0 Å². The monoisotopic (exact) mass is 363 g/mol. The molecule has 1 amide bonds. The van der Waals surface area contributed by atoms with Crippen LogP contribution >= 0.6 is 0 Å². The molecule has 2 rings (SSSR count). The molecule has 0 bridgehead atoms. The van der Waals surface area contributed by atoms with Crippen molar-refractivity contribution in [2.75, 3.05) is 7.11 Å². The van der Waals surface area contributed by atoms with Crippen LogP contribution in [-0.4, -0.2) is 37.1 Å². The van der Waals surface area contributed by atoms with Gasteiger partial charge in [-0.05, 0) is 48.5 Å². The molecular weight excluding hydrogens is 333 g/mol. The van der Waals surface area contributed by atoms with E-state index in [1.807, 2.05) is 66.7 Å². The first-order valence-electron chi connectivity index (χ1n) is 8.84. The van der Waals surface area contributed by atoms with Gasteiger partial charge >= 0.3 is 13.2 Å². The van der Waals surface area contributed by atoms with E-state index < -0.39 is 30.0 Å². The molecule has 1 aromatic carbocycles. The Hall–Kier alpha value is -1.73. The van der Waals surface area contributed by atoms with Crippen LogP contribution in [0.5, 0.6) is 5.75 Å². The average Bonchev–Trinajstić information content (AvgIpc) is 2.71. The molecular formula is C19H30BNO5. The molecule has 0 aromatic heterocycles. The number of hydrogen-bond acceptors (Lipinski definition) is 5. The summed E-state index contributed by atoms with van der Waals surface area (Å²) in [6.45, 7) is 13.8. The topological polar surface area (TPSA) is 66.0 Å². The van der Waals surface area contributed by atoms with Crippen molar-refractivity contribution >= 4 is 18.7 Å². The minimum absolute atomic E-state index is 0.283. The van der Waals surface area contributed by atoms with E-state index in [0.29, 0.717) is 5.75 Å². The molecule has 0 unspecified atom stereocenters. The largest absolute Gasteiger partial charge is 0.498 e. The van der Waals surface area contributed by atoms with Crippen molar-refractivity contribution in [3.8, 4) is 5.75 Å². The zero-order valence-electron chi connectivity index (χ0n) is 17.1. The van der Waals surface area contributed by atoms with E-state index >= 15 is 0 Å². The highest BCUT2D eigenvalue weighted by atomic mass is 16.7. The molecule has 1 heterocycles. The number of nitrogens with one attached hydrogen (secondary N) is 1. The third-order valence-corrected chi connectivity index (χ3v) is 4.66. The lowest BCUT2D eigenvalue weighted by Gasteiger charge is -2.32. The quantitative estimate of drug-likeness (QED) is 0.833. The van der Waals surface area contributed by atoms with Crippen molar-refractivity contribution < 1.29 is 23.6 Å². The summed E-state index contributed by atoms with van der Waals surface area (Å²) in [5.74, 6) is 0.641. The fourth-order valence-electron chi connectivity index (χ4n) is 2.63. The Balaban J connectivity index is 2.19. The second-order valence-electron chi connectivity index (χ2n) is 8.48. The summed E-state index contributed by atoms with van der Waals surface area (Å²) in [4.78, 5) is 11.9. The van der Waals surface area contributed by atoms with E-state index in [1.54, 1.807) is 7.11 Å².